The zero-order valence-electron chi connectivity index (χ0n) is 12.3. The summed E-state index contributed by atoms with van der Waals surface area (Å²) in [5.74, 6) is -2.24. The van der Waals surface area contributed by atoms with Crippen molar-refractivity contribution < 1.29 is 31.8 Å². The molecule has 1 aliphatic heterocycles. The van der Waals surface area contributed by atoms with Gasteiger partial charge in [-0.05, 0) is 24.1 Å². The zero-order valence-corrected chi connectivity index (χ0v) is 12.3. The molecule has 0 bridgehead atoms. The second-order valence-corrected chi connectivity index (χ2v) is 4.93. The topological polar surface area (TPSA) is 38.8 Å². The highest BCUT2D eigenvalue weighted by Crippen LogP contribution is 2.31. The molecule has 0 N–H and O–H groups in total. The highest BCUT2D eigenvalue weighted by Gasteiger charge is 2.33. The molecule has 23 heavy (non-hydrogen) atoms. The Kier molecular flexibility index (Phi) is 5.25. The summed E-state index contributed by atoms with van der Waals surface area (Å²) in [5, 5.41) is 0. The molecule has 0 fully saturated rings. The number of ether oxygens (including phenoxy) is 2. The van der Waals surface area contributed by atoms with Gasteiger partial charge in [-0.15, -0.1) is 13.2 Å². The number of hydrogen-bond donors (Lipinski definition) is 0. The van der Waals surface area contributed by atoms with E-state index in [0.717, 1.165) is 12.1 Å². The predicted molar refractivity (Wildman–Crippen MR) is 72.9 cm³/mol. The second-order valence-electron chi connectivity index (χ2n) is 4.93. The molecule has 1 aromatic carbocycles. The number of carbonyl (C=O) groups excluding carboxylic acids is 1. The summed E-state index contributed by atoms with van der Waals surface area (Å²) in [4.78, 5) is 13.4. The minimum absolute atomic E-state index is 0.0784. The molecule has 2 rings (SSSR count). The lowest BCUT2D eigenvalue weighted by molar-refractivity contribution is -0.275. The van der Waals surface area contributed by atoms with Crippen molar-refractivity contribution in [2.24, 2.45) is 0 Å². The van der Waals surface area contributed by atoms with Gasteiger partial charge in [0.25, 0.3) is 0 Å². The average Bonchev–Trinajstić information content (AvgIpc) is 2.47. The van der Waals surface area contributed by atoms with Crippen molar-refractivity contribution in [1.29, 1.82) is 0 Å². The van der Waals surface area contributed by atoms with Crippen LogP contribution in [0.4, 0.5) is 17.6 Å². The summed E-state index contributed by atoms with van der Waals surface area (Å²) in [6.45, 7) is 0.0784. The van der Waals surface area contributed by atoms with Gasteiger partial charge in [0.1, 0.15) is 0 Å². The van der Waals surface area contributed by atoms with Crippen LogP contribution in [0.25, 0.3) is 0 Å². The van der Waals surface area contributed by atoms with Gasteiger partial charge < -0.3 is 14.4 Å². The molecule has 1 amide bonds. The smallest absolute Gasteiger partial charge is 0.403 e. The predicted octanol–water partition coefficient (Wildman–Crippen LogP) is 3.55. The van der Waals surface area contributed by atoms with Crippen molar-refractivity contribution >= 4 is 5.91 Å². The first-order valence-electron chi connectivity index (χ1n) is 6.84. The fraction of sp³-hybridized carbons (Fsp3) is 0.400. The minimum Gasteiger partial charge on any atom is -0.403 e. The maximum absolute atomic E-state index is 13.9. The van der Waals surface area contributed by atoms with Gasteiger partial charge >= 0.3 is 6.36 Å². The Morgan fingerprint density at radius 1 is 1.35 bits per heavy atom. The van der Waals surface area contributed by atoms with Crippen LogP contribution in [0.1, 0.15) is 24.4 Å². The molecule has 4 nitrogen and oxygen atoms in total. The molecule has 1 atom stereocenters. The number of nitrogens with zero attached hydrogens (tertiary/aromatic N) is 1. The van der Waals surface area contributed by atoms with E-state index in [-0.39, 0.29) is 12.5 Å². The highest BCUT2D eigenvalue weighted by molar-refractivity contribution is 5.79. The third-order valence-corrected chi connectivity index (χ3v) is 3.31. The van der Waals surface area contributed by atoms with E-state index in [1.54, 1.807) is 12.3 Å². The number of rotatable bonds is 5. The Bertz CT molecular complexity index is 601. The molecule has 8 heteroatoms. The summed E-state index contributed by atoms with van der Waals surface area (Å²) in [7, 11) is 1.42. The molecule has 0 aliphatic carbocycles. The van der Waals surface area contributed by atoms with E-state index < -0.39 is 24.0 Å². The number of halogens is 4. The van der Waals surface area contributed by atoms with Crippen molar-refractivity contribution in [3.8, 4) is 5.75 Å². The minimum atomic E-state index is -4.97. The number of hydrogen-bond acceptors (Lipinski definition) is 3. The summed E-state index contributed by atoms with van der Waals surface area (Å²) in [5.41, 5.74) is 0.318. The third kappa shape index (κ3) is 4.44. The van der Waals surface area contributed by atoms with Crippen LogP contribution in [0.2, 0.25) is 0 Å². The van der Waals surface area contributed by atoms with E-state index >= 15 is 0 Å². The summed E-state index contributed by atoms with van der Waals surface area (Å²) < 4.78 is 59.0. The van der Waals surface area contributed by atoms with Crippen LogP contribution in [0, 0.1) is 5.82 Å². The molecule has 0 radical (unpaired) electrons. The Morgan fingerprint density at radius 2 is 2.09 bits per heavy atom. The fourth-order valence-electron chi connectivity index (χ4n) is 2.31. The maximum Gasteiger partial charge on any atom is 0.573 e. The molecule has 1 unspecified atom stereocenters. The number of amides is 1. The number of methoxy groups -OCH3 is 1. The SMILES string of the molecule is COCC(c1ccc(OC(F)(F)F)c(F)c1)N1C=CCCC1=O. The van der Waals surface area contributed by atoms with Gasteiger partial charge in [-0.25, -0.2) is 4.39 Å². The zero-order chi connectivity index (χ0) is 17.0. The lowest BCUT2D eigenvalue weighted by Crippen LogP contribution is -2.34. The molecule has 1 heterocycles. The lowest BCUT2D eigenvalue weighted by atomic mass is 10.0. The first-order valence-corrected chi connectivity index (χ1v) is 6.84. The van der Waals surface area contributed by atoms with Crippen LogP contribution in [0.3, 0.4) is 0 Å². The van der Waals surface area contributed by atoms with Crippen LogP contribution in [0.5, 0.6) is 5.75 Å². The first kappa shape index (κ1) is 17.3. The summed E-state index contributed by atoms with van der Waals surface area (Å²) in [6.07, 6.45) is -0.675. The Hall–Kier alpha value is -2.09. The van der Waals surface area contributed by atoms with Gasteiger partial charge in [0.2, 0.25) is 5.91 Å². The summed E-state index contributed by atoms with van der Waals surface area (Å²) >= 11 is 0. The fourth-order valence-corrected chi connectivity index (χ4v) is 2.31. The monoisotopic (exact) mass is 333 g/mol. The molecule has 1 aromatic rings. The van der Waals surface area contributed by atoms with Crippen LogP contribution < -0.4 is 4.74 Å². The van der Waals surface area contributed by atoms with Crippen molar-refractivity contribution in [3.63, 3.8) is 0 Å². The van der Waals surface area contributed by atoms with Crippen molar-refractivity contribution in [2.45, 2.75) is 25.2 Å². The maximum atomic E-state index is 13.9. The van der Waals surface area contributed by atoms with Gasteiger partial charge in [0, 0.05) is 19.7 Å². The Balaban J connectivity index is 2.29. The van der Waals surface area contributed by atoms with Crippen molar-refractivity contribution in [1.82, 2.24) is 4.90 Å². The number of carbonyl (C=O) groups is 1. The van der Waals surface area contributed by atoms with Gasteiger partial charge in [-0.1, -0.05) is 12.1 Å². The molecule has 126 valence electrons. The first-order chi connectivity index (χ1) is 10.8. The summed E-state index contributed by atoms with van der Waals surface area (Å²) in [6, 6.07) is 2.46. The van der Waals surface area contributed by atoms with E-state index in [0.29, 0.717) is 18.4 Å². The second kappa shape index (κ2) is 6.99. The standard InChI is InChI=1S/C15H15F4NO3/c1-22-9-12(20-7-3-2-4-14(20)21)10-5-6-13(11(16)8-10)23-15(17,18)19/h3,5-8,12H,2,4,9H2,1H3. The number of alkyl halides is 3. The molecule has 0 saturated carbocycles. The van der Waals surface area contributed by atoms with Gasteiger partial charge in [0.05, 0.1) is 12.6 Å². The molecule has 1 aliphatic rings. The van der Waals surface area contributed by atoms with Crippen molar-refractivity contribution in [3.05, 3.63) is 41.9 Å². The van der Waals surface area contributed by atoms with Crippen LogP contribution >= 0.6 is 0 Å². The molecule has 0 spiro atoms. The molecular weight excluding hydrogens is 318 g/mol. The largest absolute Gasteiger partial charge is 0.573 e. The number of allylic oxidation sites excluding steroid dienone is 1. The van der Waals surface area contributed by atoms with Crippen LogP contribution in [-0.2, 0) is 9.53 Å². The quantitative estimate of drug-likeness (QED) is 0.774. The van der Waals surface area contributed by atoms with Crippen molar-refractivity contribution in [2.75, 3.05) is 13.7 Å². The van der Waals surface area contributed by atoms with E-state index in [4.69, 9.17) is 4.74 Å². The molecule has 0 aromatic heterocycles. The molecular formula is C15H15F4NO3. The molecule has 0 saturated heterocycles. The lowest BCUT2D eigenvalue weighted by Gasteiger charge is -2.31. The van der Waals surface area contributed by atoms with Gasteiger partial charge in [-0.2, -0.15) is 0 Å². The van der Waals surface area contributed by atoms with E-state index in [2.05, 4.69) is 4.74 Å². The normalized spacial score (nSPS) is 16.6. The Labute approximate surface area is 130 Å². The van der Waals surface area contributed by atoms with Gasteiger partial charge in [-0.3, -0.25) is 4.79 Å². The van der Waals surface area contributed by atoms with Crippen LogP contribution in [0.15, 0.2) is 30.5 Å². The van der Waals surface area contributed by atoms with Crippen LogP contribution in [-0.4, -0.2) is 30.9 Å². The highest BCUT2D eigenvalue weighted by atomic mass is 19.4. The number of benzene rings is 1. The van der Waals surface area contributed by atoms with E-state index in [1.165, 1.54) is 18.1 Å². The third-order valence-electron chi connectivity index (χ3n) is 3.31. The average molecular weight is 333 g/mol. The Morgan fingerprint density at radius 3 is 2.65 bits per heavy atom. The van der Waals surface area contributed by atoms with E-state index in [1.807, 2.05) is 0 Å². The van der Waals surface area contributed by atoms with E-state index in [9.17, 15) is 22.4 Å². The van der Waals surface area contributed by atoms with Gasteiger partial charge in [0.15, 0.2) is 11.6 Å².